The van der Waals surface area contributed by atoms with Crippen LogP contribution in [0.3, 0.4) is 0 Å². The summed E-state index contributed by atoms with van der Waals surface area (Å²) in [5.74, 6) is -0.920. The van der Waals surface area contributed by atoms with Crippen LogP contribution in [0, 0.1) is 11.6 Å². The third kappa shape index (κ3) is 1.94. The van der Waals surface area contributed by atoms with Gasteiger partial charge in [-0.25, -0.2) is 8.78 Å². The number of fused-ring (bicyclic) bond motifs is 5. The third-order valence-electron chi connectivity index (χ3n) is 6.00. The summed E-state index contributed by atoms with van der Waals surface area (Å²) in [6, 6.07) is 5.50. The van der Waals surface area contributed by atoms with E-state index in [0.29, 0.717) is 0 Å². The molecule has 1 aromatic heterocycles. The highest BCUT2D eigenvalue weighted by molar-refractivity contribution is 5.90. The fraction of sp³-hybridized carbons (Fsp3) is 0.421. The van der Waals surface area contributed by atoms with Crippen molar-refractivity contribution in [1.29, 1.82) is 0 Å². The van der Waals surface area contributed by atoms with Gasteiger partial charge in [-0.15, -0.1) is 5.10 Å². The number of hydrogen-bond acceptors (Lipinski definition) is 3. The first kappa shape index (κ1) is 14.9. The van der Waals surface area contributed by atoms with E-state index in [9.17, 15) is 13.6 Å². The molecule has 1 saturated heterocycles. The Morgan fingerprint density at radius 1 is 1.20 bits per heavy atom. The van der Waals surface area contributed by atoms with Crippen LogP contribution in [0.15, 0.2) is 24.3 Å². The molecule has 0 unspecified atom stereocenters. The lowest BCUT2D eigenvalue weighted by Gasteiger charge is -2.38. The second-order valence-corrected chi connectivity index (χ2v) is 7.30. The van der Waals surface area contributed by atoms with E-state index < -0.39 is 17.0 Å². The minimum atomic E-state index is -0.649. The molecule has 0 spiro atoms. The second-order valence-electron chi connectivity index (χ2n) is 7.30. The van der Waals surface area contributed by atoms with Crippen LogP contribution >= 0.6 is 0 Å². The van der Waals surface area contributed by atoms with E-state index in [1.54, 1.807) is 6.07 Å². The van der Waals surface area contributed by atoms with Crippen molar-refractivity contribution in [3.63, 3.8) is 0 Å². The first-order valence-corrected chi connectivity index (χ1v) is 8.72. The molecular weight excluding hydrogens is 324 g/mol. The summed E-state index contributed by atoms with van der Waals surface area (Å²) >= 11 is 0. The summed E-state index contributed by atoms with van der Waals surface area (Å²) in [4.78, 5) is 14.9. The standard InChI is InChI=1S/C19H17F2N3O/c20-13-3-1-4-14(21)16(13)15-9-12-11-5-6-19(10-11,17(12)23-22-15)18(25)24-7-2-8-24/h1,3-4,9,11H,2,5-8,10H2/t11-,19-/m1/s1. The highest BCUT2D eigenvalue weighted by Gasteiger charge is 2.57. The number of likely N-dealkylation sites (tertiary alicyclic amines) is 1. The van der Waals surface area contributed by atoms with Crippen LogP contribution in [0.25, 0.3) is 11.3 Å². The summed E-state index contributed by atoms with van der Waals surface area (Å²) in [6.45, 7) is 1.62. The number of aromatic nitrogens is 2. The fourth-order valence-electron chi connectivity index (χ4n) is 4.60. The maximum atomic E-state index is 14.1. The van der Waals surface area contributed by atoms with Crippen LogP contribution in [0.4, 0.5) is 8.78 Å². The molecule has 2 atom stereocenters. The zero-order chi connectivity index (χ0) is 17.2. The molecule has 2 fully saturated rings. The van der Waals surface area contributed by atoms with Crippen molar-refractivity contribution in [2.24, 2.45) is 0 Å². The van der Waals surface area contributed by atoms with E-state index in [-0.39, 0.29) is 23.1 Å². The van der Waals surface area contributed by atoms with Gasteiger partial charge >= 0.3 is 0 Å². The van der Waals surface area contributed by atoms with Gasteiger partial charge in [0.25, 0.3) is 0 Å². The summed E-state index contributed by atoms with van der Waals surface area (Å²) in [5, 5.41) is 8.39. The lowest BCUT2D eigenvalue weighted by Crippen LogP contribution is -2.51. The fourth-order valence-corrected chi connectivity index (χ4v) is 4.60. The van der Waals surface area contributed by atoms with Crippen LogP contribution in [-0.4, -0.2) is 34.1 Å². The van der Waals surface area contributed by atoms with Gasteiger partial charge in [-0.2, -0.15) is 5.10 Å². The number of nitrogens with zero attached hydrogens (tertiary/aromatic N) is 3. The van der Waals surface area contributed by atoms with Gasteiger partial charge in [0.05, 0.1) is 22.4 Å². The van der Waals surface area contributed by atoms with Gasteiger partial charge in [0.15, 0.2) is 0 Å². The van der Waals surface area contributed by atoms with E-state index in [2.05, 4.69) is 10.2 Å². The van der Waals surface area contributed by atoms with Gasteiger partial charge in [-0.05, 0) is 55.4 Å². The van der Waals surface area contributed by atoms with Crippen LogP contribution in [0.2, 0.25) is 0 Å². The molecular formula is C19H17F2N3O. The minimum Gasteiger partial charge on any atom is -0.342 e. The second kappa shape index (κ2) is 5.07. The normalized spacial score (nSPS) is 26.5. The molecule has 1 amide bonds. The maximum Gasteiger partial charge on any atom is 0.234 e. The SMILES string of the molecule is O=C(N1CCC1)[C@]12CC[C@H](C1)c1cc(-c3c(F)cccc3F)nnc12. The van der Waals surface area contributed by atoms with Gasteiger partial charge in [0.2, 0.25) is 5.91 Å². The molecule has 0 N–H and O–H groups in total. The molecule has 1 saturated carbocycles. The molecule has 3 aliphatic rings. The Hall–Kier alpha value is -2.37. The van der Waals surface area contributed by atoms with Crippen molar-refractivity contribution in [3.05, 3.63) is 47.2 Å². The van der Waals surface area contributed by atoms with Crippen LogP contribution in [0.5, 0.6) is 0 Å². The molecule has 5 rings (SSSR count). The molecule has 2 bridgehead atoms. The average molecular weight is 341 g/mol. The van der Waals surface area contributed by atoms with Crippen LogP contribution < -0.4 is 0 Å². The molecule has 2 aromatic rings. The lowest BCUT2D eigenvalue weighted by molar-refractivity contribution is -0.140. The van der Waals surface area contributed by atoms with Crippen molar-refractivity contribution < 1.29 is 13.6 Å². The Labute approximate surface area is 143 Å². The zero-order valence-corrected chi connectivity index (χ0v) is 13.6. The van der Waals surface area contributed by atoms with Gasteiger partial charge in [0.1, 0.15) is 11.6 Å². The number of benzene rings is 1. The van der Waals surface area contributed by atoms with Crippen molar-refractivity contribution in [2.45, 2.75) is 37.0 Å². The monoisotopic (exact) mass is 341 g/mol. The Bertz CT molecular complexity index is 876. The van der Waals surface area contributed by atoms with Crippen molar-refractivity contribution in [2.75, 3.05) is 13.1 Å². The van der Waals surface area contributed by atoms with E-state index in [4.69, 9.17) is 0 Å². The Morgan fingerprint density at radius 2 is 1.96 bits per heavy atom. The molecule has 6 heteroatoms. The first-order chi connectivity index (χ1) is 12.1. The quantitative estimate of drug-likeness (QED) is 0.843. The Kier molecular flexibility index (Phi) is 3.03. The molecule has 2 heterocycles. The smallest absolute Gasteiger partial charge is 0.234 e. The number of halogens is 2. The molecule has 0 radical (unpaired) electrons. The lowest BCUT2D eigenvalue weighted by atomic mass is 9.81. The number of amides is 1. The third-order valence-corrected chi connectivity index (χ3v) is 6.00. The predicted octanol–water partition coefficient (Wildman–Crippen LogP) is 3.17. The van der Waals surface area contributed by atoms with Gasteiger partial charge in [-0.1, -0.05) is 6.07 Å². The van der Waals surface area contributed by atoms with Crippen molar-refractivity contribution in [3.8, 4) is 11.3 Å². The summed E-state index contributed by atoms with van der Waals surface area (Å²) in [5.41, 5.74) is 1.14. The minimum absolute atomic E-state index is 0.149. The summed E-state index contributed by atoms with van der Waals surface area (Å²) in [7, 11) is 0. The van der Waals surface area contributed by atoms with E-state index in [0.717, 1.165) is 50.0 Å². The summed E-state index contributed by atoms with van der Waals surface area (Å²) in [6.07, 6.45) is 3.50. The van der Waals surface area contributed by atoms with E-state index in [1.165, 1.54) is 18.2 Å². The first-order valence-electron chi connectivity index (χ1n) is 8.72. The van der Waals surface area contributed by atoms with Crippen molar-refractivity contribution >= 4 is 5.91 Å². The largest absolute Gasteiger partial charge is 0.342 e. The molecule has 1 aromatic carbocycles. The number of rotatable bonds is 2. The Balaban J connectivity index is 1.60. The topological polar surface area (TPSA) is 46.1 Å². The number of hydrogen-bond donors (Lipinski definition) is 0. The zero-order valence-electron chi connectivity index (χ0n) is 13.6. The number of carbonyl (C=O) groups excluding carboxylic acids is 1. The predicted molar refractivity (Wildman–Crippen MR) is 86.9 cm³/mol. The molecule has 1 aliphatic heterocycles. The Morgan fingerprint density at radius 3 is 2.64 bits per heavy atom. The highest BCUT2D eigenvalue weighted by Crippen LogP contribution is 2.57. The van der Waals surface area contributed by atoms with Gasteiger partial charge in [0, 0.05) is 13.1 Å². The molecule has 2 aliphatic carbocycles. The molecule has 4 nitrogen and oxygen atoms in total. The highest BCUT2D eigenvalue weighted by atomic mass is 19.1. The summed E-state index contributed by atoms with van der Waals surface area (Å²) < 4.78 is 28.1. The van der Waals surface area contributed by atoms with Crippen molar-refractivity contribution in [1.82, 2.24) is 15.1 Å². The molecule has 128 valence electrons. The average Bonchev–Trinajstić information content (AvgIpc) is 3.11. The van der Waals surface area contributed by atoms with Gasteiger partial charge in [-0.3, -0.25) is 4.79 Å². The number of carbonyl (C=O) groups is 1. The van der Waals surface area contributed by atoms with E-state index in [1.807, 2.05) is 4.90 Å². The van der Waals surface area contributed by atoms with Crippen LogP contribution in [-0.2, 0) is 10.2 Å². The van der Waals surface area contributed by atoms with Crippen LogP contribution in [0.1, 0.15) is 42.9 Å². The van der Waals surface area contributed by atoms with E-state index >= 15 is 0 Å². The maximum absolute atomic E-state index is 14.1. The van der Waals surface area contributed by atoms with Gasteiger partial charge < -0.3 is 4.90 Å². The molecule has 25 heavy (non-hydrogen) atoms.